The maximum atomic E-state index is 15.8. The van der Waals surface area contributed by atoms with Crippen molar-refractivity contribution >= 4 is 22.1 Å². The van der Waals surface area contributed by atoms with Gasteiger partial charge in [0.2, 0.25) is 0 Å². The van der Waals surface area contributed by atoms with Crippen molar-refractivity contribution in [3.05, 3.63) is 225 Å². The zero-order valence-electron chi connectivity index (χ0n) is 37.7. The molecule has 0 spiro atoms. The summed E-state index contributed by atoms with van der Waals surface area (Å²) in [6, 6.07) is 51.1. The van der Waals surface area contributed by atoms with Gasteiger partial charge in [-0.3, -0.25) is 0 Å². The third kappa shape index (κ3) is 8.49. The van der Waals surface area contributed by atoms with Gasteiger partial charge in [-0.15, -0.1) is 0 Å². The maximum Gasteiger partial charge on any atom is 0.416 e. The van der Waals surface area contributed by atoms with E-state index in [2.05, 4.69) is 79.1 Å². The van der Waals surface area contributed by atoms with E-state index in [1.165, 1.54) is 12.1 Å². The molecule has 1 aliphatic rings. The number of anilines is 2. The molecule has 0 heterocycles. The fraction of sp³-hybridized carbons (Fsp3) is 0.193. The Hall–Kier alpha value is -7.39. The van der Waals surface area contributed by atoms with Crippen molar-refractivity contribution in [1.29, 1.82) is 0 Å². The molecule has 8 aromatic rings. The van der Waals surface area contributed by atoms with Crippen molar-refractivity contribution in [2.75, 3.05) is 39.1 Å². The molecule has 0 saturated heterocycles. The molecule has 9 rings (SSSR count). The van der Waals surface area contributed by atoms with E-state index >= 15 is 13.2 Å². The van der Waals surface area contributed by atoms with Crippen molar-refractivity contribution in [3.8, 4) is 23.0 Å². The number of alkyl halides is 3. The Labute approximate surface area is 384 Å². The molecule has 0 radical (unpaired) electrons. The molecule has 0 amide bonds. The topological polar surface area (TPSA) is 61.0 Å². The standard InChI is InChI=1S/C57H51F3N2O4/c1-34-13-30-50(35(2)31-34)61-55-46-11-7-9-36-10-8-12-47(53(36)46)56(55)62-54-48(51(37-14-22-42(63-3)23-15-37)38-16-24-43(64-4)25-17-38)32-41(57(58,59)60)33-49(54)52(39-18-26-44(65-5)27-19-39)40-20-28-45(66-6)29-21-40/h7-33,51-52,55-56,61-62H,1-6H3. The molecule has 2 atom stereocenters. The van der Waals surface area contributed by atoms with Crippen LogP contribution in [-0.4, -0.2) is 28.4 Å². The lowest BCUT2D eigenvalue weighted by molar-refractivity contribution is -0.137. The first-order valence-electron chi connectivity index (χ1n) is 21.9. The number of nitrogens with one attached hydrogen (secondary N) is 2. The van der Waals surface area contributed by atoms with Gasteiger partial charge in [-0.05, 0) is 141 Å². The molecule has 0 bridgehead atoms. The summed E-state index contributed by atoms with van der Waals surface area (Å²) < 4.78 is 69.8. The van der Waals surface area contributed by atoms with E-state index in [0.29, 0.717) is 39.8 Å². The van der Waals surface area contributed by atoms with E-state index in [1.807, 2.05) is 97.1 Å². The van der Waals surface area contributed by atoms with Gasteiger partial charge in [0, 0.05) is 23.2 Å². The Morgan fingerprint density at radius 3 is 1.23 bits per heavy atom. The molecule has 66 heavy (non-hydrogen) atoms. The van der Waals surface area contributed by atoms with E-state index in [4.69, 9.17) is 18.9 Å². The molecule has 0 fully saturated rings. The predicted molar refractivity (Wildman–Crippen MR) is 258 cm³/mol. The van der Waals surface area contributed by atoms with Gasteiger partial charge >= 0.3 is 6.18 Å². The van der Waals surface area contributed by atoms with E-state index in [-0.39, 0.29) is 6.04 Å². The summed E-state index contributed by atoms with van der Waals surface area (Å²) in [7, 11) is 6.38. The highest BCUT2D eigenvalue weighted by atomic mass is 19.4. The Kier molecular flexibility index (Phi) is 12.1. The van der Waals surface area contributed by atoms with Crippen molar-refractivity contribution in [3.63, 3.8) is 0 Å². The second kappa shape index (κ2) is 18.2. The number of ether oxygens (including phenoxy) is 4. The third-order valence-electron chi connectivity index (χ3n) is 12.9. The SMILES string of the molecule is COc1ccc(C(c2ccc(OC)cc2)c2cc(C(F)(F)F)cc(C(c3ccc(OC)cc3)c3ccc(OC)cc3)c2NC2c3cccc4cccc(c34)C2Nc2ccc(C)cc2C)cc1. The monoisotopic (exact) mass is 884 g/mol. The summed E-state index contributed by atoms with van der Waals surface area (Å²) in [4.78, 5) is 0. The van der Waals surface area contributed by atoms with Crippen LogP contribution in [0.1, 0.15) is 85.1 Å². The summed E-state index contributed by atoms with van der Waals surface area (Å²) >= 11 is 0. The minimum atomic E-state index is -4.71. The highest BCUT2D eigenvalue weighted by Gasteiger charge is 2.40. The van der Waals surface area contributed by atoms with Crippen LogP contribution in [0, 0.1) is 13.8 Å². The van der Waals surface area contributed by atoms with Gasteiger partial charge in [-0.1, -0.05) is 103 Å². The zero-order chi connectivity index (χ0) is 46.1. The van der Waals surface area contributed by atoms with Crippen molar-refractivity contribution in [2.24, 2.45) is 0 Å². The van der Waals surface area contributed by atoms with Crippen LogP contribution in [0.4, 0.5) is 24.5 Å². The summed E-state index contributed by atoms with van der Waals surface area (Å²) in [6.45, 7) is 4.17. The highest BCUT2D eigenvalue weighted by Crippen LogP contribution is 2.52. The average molecular weight is 885 g/mol. The molecule has 0 aromatic heterocycles. The van der Waals surface area contributed by atoms with Gasteiger partial charge in [0.05, 0.1) is 46.1 Å². The lowest BCUT2D eigenvalue weighted by atomic mass is 9.77. The number of rotatable bonds is 14. The molecule has 2 unspecified atom stereocenters. The number of methoxy groups -OCH3 is 4. The first-order valence-corrected chi connectivity index (χ1v) is 21.9. The minimum absolute atomic E-state index is 0.323. The van der Waals surface area contributed by atoms with Crippen LogP contribution in [0.25, 0.3) is 10.8 Å². The maximum absolute atomic E-state index is 15.8. The van der Waals surface area contributed by atoms with Crippen molar-refractivity contribution < 1.29 is 32.1 Å². The lowest BCUT2D eigenvalue weighted by Crippen LogP contribution is -2.25. The fourth-order valence-electron chi connectivity index (χ4n) is 9.66. The number of hydrogen-bond acceptors (Lipinski definition) is 6. The first kappa shape index (κ1) is 43.8. The largest absolute Gasteiger partial charge is 0.497 e. The molecule has 0 aliphatic heterocycles. The Morgan fingerprint density at radius 1 is 0.470 bits per heavy atom. The molecular formula is C57H51F3N2O4. The summed E-state index contributed by atoms with van der Waals surface area (Å²) in [6.07, 6.45) is -4.71. The van der Waals surface area contributed by atoms with Gasteiger partial charge in [0.15, 0.2) is 0 Å². The number of halogens is 3. The molecule has 1 aliphatic carbocycles. The van der Waals surface area contributed by atoms with Gasteiger partial charge < -0.3 is 29.6 Å². The number of aryl methyl sites for hydroxylation is 2. The lowest BCUT2D eigenvalue weighted by Gasteiger charge is -2.33. The van der Waals surface area contributed by atoms with E-state index in [9.17, 15) is 0 Å². The Morgan fingerprint density at radius 2 is 0.864 bits per heavy atom. The van der Waals surface area contributed by atoms with Crippen LogP contribution >= 0.6 is 0 Å². The van der Waals surface area contributed by atoms with Crippen molar-refractivity contribution in [2.45, 2.75) is 43.9 Å². The van der Waals surface area contributed by atoms with Crippen LogP contribution in [0.2, 0.25) is 0 Å². The molecule has 0 saturated carbocycles. The predicted octanol–water partition coefficient (Wildman–Crippen LogP) is 14.2. The van der Waals surface area contributed by atoms with Gasteiger partial charge in [-0.25, -0.2) is 0 Å². The van der Waals surface area contributed by atoms with E-state index < -0.39 is 29.6 Å². The summed E-state index contributed by atoms with van der Waals surface area (Å²) in [5.41, 5.74) is 9.19. The van der Waals surface area contributed by atoms with Crippen LogP contribution in [0.3, 0.4) is 0 Å². The van der Waals surface area contributed by atoms with Crippen molar-refractivity contribution in [1.82, 2.24) is 0 Å². The number of benzene rings is 8. The average Bonchev–Trinajstić information content (AvgIpc) is 3.63. The third-order valence-corrected chi connectivity index (χ3v) is 12.9. The summed E-state index contributed by atoms with van der Waals surface area (Å²) in [5, 5.41) is 10.2. The zero-order valence-corrected chi connectivity index (χ0v) is 37.7. The smallest absolute Gasteiger partial charge is 0.416 e. The quantitative estimate of drug-likeness (QED) is 0.106. The molecular weight excluding hydrogens is 834 g/mol. The van der Waals surface area contributed by atoms with Gasteiger partial charge in [0.1, 0.15) is 23.0 Å². The normalized spacial score (nSPS) is 14.4. The van der Waals surface area contributed by atoms with Crippen LogP contribution in [0.5, 0.6) is 23.0 Å². The van der Waals surface area contributed by atoms with Gasteiger partial charge in [0.25, 0.3) is 0 Å². The van der Waals surface area contributed by atoms with E-state index in [0.717, 1.165) is 61.0 Å². The number of hydrogen-bond donors (Lipinski definition) is 2. The summed E-state index contributed by atoms with van der Waals surface area (Å²) in [5.74, 6) is 1.14. The van der Waals surface area contributed by atoms with Crippen LogP contribution in [0.15, 0.2) is 164 Å². The first-order chi connectivity index (χ1) is 32.0. The second-order valence-electron chi connectivity index (χ2n) is 16.8. The minimum Gasteiger partial charge on any atom is -0.497 e. The van der Waals surface area contributed by atoms with Crippen LogP contribution < -0.4 is 29.6 Å². The molecule has 8 aromatic carbocycles. The molecule has 2 N–H and O–H groups in total. The molecule has 9 heteroatoms. The molecule has 6 nitrogen and oxygen atoms in total. The van der Waals surface area contributed by atoms with Crippen LogP contribution in [-0.2, 0) is 6.18 Å². The Balaban J connectivity index is 1.37. The second-order valence-corrected chi connectivity index (χ2v) is 16.8. The fourth-order valence-corrected chi connectivity index (χ4v) is 9.66. The highest BCUT2D eigenvalue weighted by molar-refractivity contribution is 5.93. The van der Waals surface area contributed by atoms with E-state index in [1.54, 1.807) is 28.4 Å². The van der Waals surface area contributed by atoms with Gasteiger partial charge in [-0.2, -0.15) is 13.2 Å². The Bertz CT molecular complexity index is 2770. The molecule has 334 valence electrons.